The number of carbonyl (C=O) groups excluding carboxylic acids is 3. The van der Waals surface area contributed by atoms with E-state index in [-0.39, 0.29) is 27.8 Å². The van der Waals surface area contributed by atoms with Crippen molar-refractivity contribution >= 4 is 40.2 Å². The van der Waals surface area contributed by atoms with Gasteiger partial charge in [0.15, 0.2) is 18.2 Å². The minimum Gasteiger partial charge on any atom is -0.452 e. The van der Waals surface area contributed by atoms with Crippen molar-refractivity contribution in [3.63, 3.8) is 0 Å². The molecule has 2 amide bonds. The summed E-state index contributed by atoms with van der Waals surface area (Å²) in [7, 11) is 0. The molecule has 210 valence electrons. The molecule has 10 nitrogen and oxygen atoms in total. The molecule has 0 saturated carbocycles. The lowest BCUT2D eigenvalue weighted by Crippen LogP contribution is -2.39. The Balaban J connectivity index is 1.77. The zero-order valence-corrected chi connectivity index (χ0v) is 21.6. The highest BCUT2D eigenvalue weighted by Gasteiger charge is 2.27. The molecular formula is C30H21F2N5O5. The molecule has 0 unspecified atom stereocenters. The molecule has 0 fully saturated rings. The highest BCUT2D eigenvalue weighted by Crippen LogP contribution is 2.37. The Bertz CT molecular complexity index is 1880. The van der Waals surface area contributed by atoms with Gasteiger partial charge in [-0.15, -0.1) is 0 Å². The second-order valence-electron chi connectivity index (χ2n) is 8.91. The number of fused-ring (bicyclic) bond motifs is 1. The van der Waals surface area contributed by atoms with E-state index in [2.05, 4.69) is 15.4 Å². The number of hydrogen-bond donors (Lipinski definition) is 3. The average molecular weight is 570 g/mol. The molecule has 0 aliphatic carbocycles. The van der Waals surface area contributed by atoms with E-state index in [4.69, 9.17) is 10.5 Å². The number of ether oxygens (including phenoxy) is 1. The van der Waals surface area contributed by atoms with Gasteiger partial charge in [-0.3, -0.25) is 24.8 Å². The fraction of sp³-hybridized carbons (Fsp3) is 0.0333. The molecule has 0 spiro atoms. The van der Waals surface area contributed by atoms with Crippen molar-refractivity contribution in [3.8, 4) is 11.1 Å². The lowest BCUT2D eigenvalue weighted by Gasteiger charge is -2.27. The third-order valence-electron chi connectivity index (χ3n) is 6.15. The van der Waals surface area contributed by atoms with Crippen LogP contribution in [0.1, 0.15) is 20.7 Å². The predicted octanol–water partition coefficient (Wildman–Crippen LogP) is 3.99. The number of halogens is 2. The van der Waals surface area contributed by atoms with Crippen LogP contribution in [0, 0.1) is 11.6 Å². The highest BCUT2D eigenvalue weighted by atomic mass is 19.2. The minimum absolute atomic E-state index is 0.0609. The fourth-order valence-electron chi connectivity index (χ4n) is 4.33. The Morgan fingerprint density at radius 3 is 2.29 bits per heavy atom. The van der Waals surface area contributed by atoms with Crippen molar-refractivity contribution < 1.29 is 27.9 Å². The summed E-state index contributed by atoms with van der Waals surface area (Å²) in [5, 5.41) is 1.58. The van der Waals surface area contributed by atoms with Crippen LogP contribution in [0.2, 0.25) is 0 Å². The summed E-state index contributed by atoms with van der Waals surface area (Å²) in [6, 6.07) is 21.2. The largest absolute Gasteiger partial charge is 0.452 e. The molecule has 4 N–H and O–H groups in total. The third-order valence-corrected chi connectivity index (χ3v) is 6.15. The number of aromatic amines is 1. The molecule has 12 heteroatoms. The van der Waals surface area contributed by atoms with E-state index >= 15 is 0 Å². The number of benzene rings is 3. The molecule has 0 aliphatic heterocycles. The lowest BCUT2D eigenvalue weighted by molar-refractivity contribution is -0.121. The van der Waals surface area contributed by atoms with Gasteiger partial charge in [-0.25, -0.2) is 18.6 Å². The molecule has 0 saturated heterocycles. The molecular weight excluding hydrogens is 548 g/mol. The number of carbonyl (C=O) groups is 3. The second kappa shape index (κ2) is 11.7. The number of H-pyrrole nitrogens is 1. The van der Waals surface area contributed by atoms with Crippen molar-refractivity contribution in [2.24, 2.45) is 5.73 Å². The number of para-hydroxylation sites is 1. The first kappa shape index (κ1) is 27.6. The van der Waals surface area contributed by atoms with Crippen LogP contribution in [0.4, 0.5) is 20.2 Å². The lowest BCUT2D eigenvalue weighted by atomic mass is 9.96. The quantitative estimate of drug-likeness (QED) is 0.189. The predicted molar refractivity (Wildman–Crippen MR) is 150 cm³/mol. The van der Waals surface area contributed by atoms with Gasteiger partial charge in [0, 0.05) is 17.3 Å². The minimum atomic E-state index is -1.20. The molecule has 3 aromatic carbocycles. The number of hydrogen-bond acceptors (Lipinski definition) is 7. The SMILES string of the molecule is NC(=O)COC(=O)c1c(-c2ccccc2)c2c(N(NC(=O)c3ccc(F)c(F)c3)c3ccccc3)ccnc2[nH]c1=O. The third kappa shape index (κ3) is 5.54. The van der Waals surface area contributed by atoms with Gasteiger partial charge in [-0.05, 0) is 42.0 Å². The first-order valence-electron chi connectivity index (χ1n) is 12.4. The summed E-state index contributed by atoms with van der Waals surface area (Å²) in [5.41, 5.74) is 7.68. The van der Waals surface area contributed by atoms with Crippen LogP contribution >= 0.6 is 0 Å². The first-order valence-corrected chi connectivity index (χ1v) is 12.4. The number of nitrogens with zero attached hydrogens (tertiary/aromatic N) is 2. The van der Waals surface area contributed by atoms with Gasteiger partial charge in [0.2, 0.25) is 0 Å². The summed E-state index contributed by atoms with van der Waals surface area (Å²) >= 11 is 0. The molecule has 2 aromatic heterocycles. The molecule has 0 atom stereocenters. The van der Waals surface area contributed by atoms with Crippen molar-refractivity contribution in [3.05, 3.63) is 124 Å². The molecule has 5 rings (SSSR count). The van der Waals surface area contributed by atoms with Gasteiger partial charge >= 0.3 is 5.97 Å². The summed E-state index contributed by atoms with van der Waals surface area (Å²) in [4.78, 5) is 57.8. The maximum absolute atomic E-state index is 14.0. The van der Waals surface area contributed by atoms with Gasteiger partial charge in [0.1, 0.15) is 11.2 Å². The highest BCUT2D eigenvalue weighted by molar-refractivity contribution is 6.11. The van der Waals surface area contributed by atoms with E-state index < -0.39 is 47.1 Å². The molecule has 42 heavy (non-hydrogen) atoms. The van der Waals surface area contributed by atoms with Gasteiger partial charge in [0.25, 0.3) is 17.4 Å². The van der Waals surface area contributed by atoms with E-state index in [0.29, 0.717) is 11.3 Å². The van der Waals surface area contributed by atoms with Crippen LogP contribution in [0.3, 0.4) is 0 Å². The second-order valence-corrected chi connectivity index (χ2v) is 8.91. The van der Waals surface area contributed by atoms with Crippen LogP contribution in [0.15, 0.2) is 95.9 Å². The van der Waals surface area contributed by atoms with E-state index in [1.54, 1.807) is 60.7 Å². The maximum atomic E-state index is 14.0. The molecule has 0 radical (unpaired) electrons. The molecule has 0 bridgehead atoms. The summed E-state index contributed by atoms with van der Waals surface area (Å²) < 4.78 is 32.5. The van der Waals surface area contributed by atoms with Crippen LogP contribution in [-0.4, -0.2) is 34.4 Å². The van der Waals surface area contributed by atoms with Crippen molar-refractivity contribution in [2.75, 3.05) is 11.6 Å². The summed E-state index contributed by atoms with van der Waals surface area (Å²) in [5.74, 6) is -5.12. The van der Waals surface area contributed by atoms with E-state index in [0.717, 1.165) is 18.2 Å². The smallest absolute Gasteiger partial charge is 0.344 e. The Kier molecular flexibility index (Phi) is 7.69. The number of amides is 2. The number of nitrogens with one attached hydrogen (secondary N) is 2. The Morgan fingerprint density at radius 1 is 0.929 bits per heavy atom. The zero-order chi connectivity index (χ0) is 29.8. The van der Waals surface area contributed by atoms with Crippen LogP contribution in [-0.2, 0) is 9.53 Å². The number of hydrazine groups is 1. The van der Waals surface area contributed by atoms with Crippen LogP contribution < -0.4 is 21.7 Å². The van der Waals surface area contributed by atoms with Crippen molar-refractivity contribution in [1.82, 2.24) is 15.4 Å². The number of anilines is 2. The maximum Gasteiger partial charge on any atom is 0.344 e. The van der Waals surface area contributed by atoms with Gasteiger partial charge in [0.05, 0.1) is 16.8 Å². The number of aromatic nitrogens is 2. The van der Waals surface area contributed by atoms with Crippen LogP contribution in [0.25, 0.3) is 22.2 Å². The summed E-state index contributed by atoms with van der Waals surface area (Å²) in [6.45, 7) is -0.759. The average Bonchev–Trinajstić information content (AvgIpc) is 2.99. The van der Waals surface area contributed by atoms with Crippen molar-refractivity contribution in [2.45, 2.75) is 0 Å². The molecule has 2 heterocycles. The van der Waals surface area contributed by atoms with Crippen molar-refractivity contribution in [1.29, 1.82) is 0 Å². The Labute approximate surface area is 236 Å². The molecule has 0 aliphatic rings. The van der Waals surface area contributed by atoms with E-state index in [1.165, 1.54) is 17.3 Å². The number of nitrogens with two attached hydrogens (primary N) is 1. The molecule has 5 aromatic rings. The van der Waals surface area contributed by atoms with E-state index in [9.17, 15) is 28.0 Å². The van der Waals surface area contributed by atoms with Gasteiger partial charge in [-0.2, -0.15) is 0 Å². The number of pyridine rings is 2. The van der Waals surface area contributed by atoms with Crippen LogP contribution in [0.5, 0.6) is 0 Å². The normalized spacial score (nSPS) is 10.7. The first-order chi connectivity index (χ1) is 20.2. The van der Waals surface area contributed by atoms with E-state index in [1.807, 2.05) is 0 Å². The number of primary amides is 1. The standard InChI is InChI=1S/C30H21F2N5O5/c31-20-12-11-18(15-21(20)32)28(39)36-37(19-9-5-2-6-10-19)22-13-14-34-27-25(22)24(17-7-3-1-4-8-17)26(29(40)35-27)30(41)42-16-23(33)38/h1-15H,16H2,(H2,33,38)(H,36,39)(H,34,35,40). The monoisotopic (exact) mass is 569 g/mol. The van der Waals surface area contributed by atoms with Gasteiger partial charge in [-0.1, -0.05) is 48.5 Å². The van der Waals surface area contributed by atoms with Gasteiger partial charge < -0.3 is 15.5 Å². The Morgan fingerprint density at radius 2 is 1.62 bits per heavy atom. The number of esters is 1. The fourth-order valence-corrected chi connectivity index (χ4v) is 4.33. The zero-order valence-electron chi connectivity index (χ0n) is 21.6. The Hall–Kier alpha value is -5.91. The summed E-state index contributed by atoms with van der Waals surface area (Å²) in [6.07, 6.45) is 1.38. The topological polar surface area (TPSA) is 147 Å². The number of rotatable bonds is 8.